The molecule has 0 aliphatic heterocycles. The van der Waals surface area contributed by atoms with Crippen molar-refractivity contribution < 1.29 is 22.4 Å². The van der Waals surface area contributed by atoms with Crippen LogP contribution in [0.2, 0.25) is 0 Å². The molecule has 4 rings (SSSR count). The summed E-state index contributed by atoms with van der Waals surface area (Å²) in [5.41, 5.74) is -0.381. The molecule has 1 N–H and O–H groups in total. The van der Waals surface area contributed by atoms with E-state index in [1.807, 2.05) is 0 Å². The Hall–Kier alpha value is -3.43. The summed E-state index contributed by atoms with van der Waals surface area (Å²) in [6, 6.07) is 10.2. The van der Waals surface area contributed by atoms with Crippen LogP contribution in [0.15, 0.2) is 53.3 Å². The normalized spacial score (nSPS) is 13.9. The highest BCUT2D eigenvalue weighted by Gasteiger charge is 2.33. The van der Waals surface area contributed by atoms with Gasteiger partial charge in [-0.2, -0.15) is 13.2 Å². The maximum atomic E-state index is 13.1. The summed E-state index contributed by atoms with van der Waals surface area (Å²) in [7, 11) is 0. The molecular weight excluding hydrogens is 428 g/mol. The van der Waals surface area contributed by atoms with Crippen LogP contribution in [0.5, 0.6) is 0 Å². The van der Waals surface area contributed by atoms with Crippen LogP contribution < -0.4 is 11.0 Å². The quantitative estimate of drug-likeness (QED) is 0.562. The van der Waals surface area contributed by atoms with Gasteiger partial charge in [-0.15, -0.1) is 5.10 Å². The fourth-order valence-electron chi connectivity index (χ4n) is 3.41. The minimum absolute atomic E-state index is 0.0567. The molecule has 1 aliphatic rings. The first kappa shape index (κ1) is 21.8. The predicted molar refractivity (Wildman–Crippen MR) is 108 cm³/mol. The summed E-state index contributed by atoms with van der Waals surface area (Å²) in [5.74, 6) is -0.512. The van der Waals surface area contributed by atoms with Crippen LogP contribution in [0.4, 0.5) is 17.6 Å². The van der Waals surface area contributed by atoms with E-state index in [9.17, 15) is 27.2 Å². The largest absolute Gasteiger partial charge is 0.416 e. The third kappa shape index (κ3) is 4.90. The number of nitrogens with zero attached hydrogens (tertiary/aromatic N) is 3. The van der Waals surface area contributed by atoms with E-state index in [4.69, 9.17) is 0 Å². The van der Waals surface area contributed by atoms with E-state index >= 15 is 0 Å². The molecule has 1 amide bonds. The van der Waals surface area contributed by atoms with Gasteiger partial charge in [-0.25, -0.2) is 13.9 Å². The highest BCUT2D eigenvalue weighted by Crippen LogP contribution is 2.37. The third-order valence-corrected chi connectivity index (χ3v) is 5.15. The molecule has 0 saturated heterocycles. The molecule has 3 aromatic rings. The van der Waals surface area contributed by atoms with E-state index in [1.165, 1.54) is 41.0 Å². The fraction of sp³-hybridized carbons (Fsp3) is 0.318. The number of carbonyl (C=O) groups is 1. The van der Waals surface area contributed by atoms with Gasteiger partial charge in [0, 0.05) is 18.2 Å². The van der Waals surface area contributed by atoms with Crippen LogP contribution in [-0.4, -0.2) is 26.8 Å². The number of nitrogens with one attached hydrogen (secondary N) is 1. The van der Waals surface area contributed by atoms with Gasteiger partial charge in [0.1, 0.15) is 5.82 Å². The van der Waals surface area contributed by atoms with Crippen molar-refractivity contribution in [1.82, 2.24) is 19.7 Å². The summed E-state index contributed by atoms with van der Waals surface area (Å²) in [4.78, 5) is 24.9. The molecule has 1 heterocycles. The average Bonchev–Trinajstić information content (AvgIpc) is 3.53. The predicted octanol–water partition coefficient (Wildman–Crippen LogP) is 3.56. The molecule has 1 fully saturated rings. The first-order chi connectivity index (χ1) is 15.2. The van der Waals surface area contributed by atoms with Gasteiger partial charge in [-0.3, -0.25) is 9.36 Å². The minimum Gasteiger partial charge on any atom is -0.354 e. The van der Waals surface area contributed by atoms with Gasteiger partial charge in [-0.1, -0.05) is 24.3 Å². The molecule has 168 valence electrons. The number of hydrogen-bond acceptors (Lipinski definition) is 3. The fourth-order valence-corrected chi connectivity index (χ4v) is 3.41. The topological polar surface area (TPSA) is 68.9 Å². The third-order valence-electron chi connectivity index (χ3n) is 5.15. The Labute approximate surface area is 180 Å². The Bertz CT molecular complexity index is 1180. The average molecular weight is 448 g/mol. The zero-order valence-electron chi connectivity index (χ0n) is 16.9. The Morgan fingerprint density at radius 1 is 1.12 bits per heavy atom. The van der Waals surface area contributed by atoms with Gasteiger partial charge in [0.15, 0.2) is 5.82 Å². The molecule has 1 saturated carbocycles. The monoisotopic (exact) mass is 448 g/mol. The number of rotatable bonds is 7. The zero-order chi connectivity index (χ0) is 22.9. The van der Waals surface area contributed by atoms with Crippen LogP contribution >= 0.6 is 0 Å². The van der Waals surface area contributed by atoms with Crippen molar-refractivity contribution >= 4 is 5.91 Å². The van der Waals surface area contributed by atoms with E-state index in [2.05, 4.69) is 10.4 Å². The molecule has 1 aliphatic carbocycles. The molecule has 0 bridgehead atoms. The number of alkyl halides is 3. The molecule has 10 heteroatoms. The smallest absolute Gasteiger partial charge is 0.354 e. The SMILES string of the molecule is O=C(Cc1ccc(F)cc1)NCCn1nc(-c2cccc(C(F)(F)F)c2)n(C2CC2)c1=O. The molecule has 0 atom stereocenters. The van der Waals surface area contributed by atoms with Gasteiger partial charge >= 0.3 is 11.9 Å². The van der Waals surface area contributed by atoms with Crippen molar-refractivity contribution in [2.75, 3.05) is 6.54 Å². The number of halogens is 4. The second kappa shape index (κ2) is 8.60. The zero-order valence-corrected chi connectivity index (χ0v) is 16.9. The van der Waals surface area contributed by atoms with Crippen molar-refractivity contribution in [2.24, 2.45) is 0 Å². The Morgan fingerprint density at radius 3 is 2.50 bits per heavy atom. The molecular formula is C22H20F4N4O2. The van der Waals surface area contributed by atoms with Crippen LogP contribution in [0.1, 0.15) is 30.0 Å². The van der Waals surface area contributed by atoms with Crippen LogP contribution in [-0.2, 0) is 23.9 Å². The Kier molecular flexibility index (Phi) is 5.86. The standard InChI is InChI=1S/C22H20F4N4O2/c23-17-6-4-14(5-7-17)12-19(31)27-10-11-29-21(32)30(18-8-9-18)20(28-29)15-2-1-3-16(13-15)22(24,25)26/h1-7,13,18H,8-12H2,(H,27,31). The number of amides is 1. The Balaban J connectivity index is 1.48. The summed E-state index contributed by atoms with van der Waals surface area (Å²) in [6.45, 7) is 0.184. The molecule has 0 spiro atoms. The number of carbonyl (C=O) groups excluding carboxylic acids is 1. The maximum Gasteiger partial charge on any atom is 0.416 e. The van der Waals surface area contributed by atoms with E-state index in [1.54, 1.807) is 0 Å². The van der Waals surface area contributed by atoms with Gasteiger partial charge in [0.2, 0.25) is 5.91 Å². The number of hydrogen-bond donors (Lipinski definition) is 1. The maximum absolute atomic E-state index is 13.1. The second-order valence-corrected chi connectivity index (χ2v) is 7.66. The van der Waals surface area contributed by atoms with Gasteiger partial charge in [0.25, 0.3) is 0 Å². The van der Waals surface area contributed by atoms with Gasteiger partial charge < -0.3 is 5.32 Å². The summed E-state index contributed by atoms with van der Waals surface area (Å²) in [6.07, 6.45) is -2.93. The Morgan fingerprint density at radius 2 is 1.84 bits per heavy atom. The highest BCUT2D eigenvalue weighted by molar-refractivity contribution is 5.78. The summed E-state index contributed by atoms with van der Waals surface area (Å²) >= 11 is 0. The van der Waals surface area contributed by atoms with Crippen molar-refractivity contribution in [3.05, 3.63) is 76.0 Å². The van der Waals surface area contributed by atoms with Crippen molar-refractivity contribution in [2.45, 2.75) is 38.0 Å². The summed E-state index contributed by atoms with van der Waals surface area (Å²) in [5, 5.41) is 6.94. The van der Waals surface area contributed by atoms with E-state index in [0.717, 1.165) is 29.7 Å². The molecule has 32 heavy (non-hydrogen) atoms. The molecule has 1 aromatic heterocycles. The highest BCUT2D eigenvalue weighted by atomic mass is 19.4. The molecule has 0 radical (unpaired) electrons. The van der Waals surface area contributed by atoms with Crippen LogP contribution in [0.3, 0.4) is 0 Å². The lowest BCUT2D eigenvalue weighted by Gasteiger charge is -2.09. The first-order valence-electron chi connectivity index (χ1n) is 10.1. The lowest BCUT2D eigenvalue weighted by molar-refractivity contribution is -0.137. The van der Waals surface area contributed by atoms with E-state index in [-0.39, 0.29) is 42.8 Å². The van der Waals surface area contributed by atoms with Crippen molar-refractivity contribution in [1.29, 1.82) is 0 Å². The van der Waals surface area contributed by atoms with Crippen molar-refractivity contribution in [3.63, 3.8) is 0 Å². The second-order valence-electron chi connectivity index (χ2n) is 7.66. The van der Waals surface area contributed by atoms with E-state index in [0.29, 0.717) is 5.56 Å². The molecule has 0 unspecified atom stereocenters. The lowest BCUT2D eigenvalue weighted by Crippen LogP contribution is -2.32. The minimum atomic E-state index is -4.50. The van der Waals surface area contributed by atoms with Gasteiger partial charge in [-0.05, 0) is 42.7 Å². The van der Waals surface area contributed by atoms with Gasteiger partial charge in [0.05, 0.1) is 18.5 Å². The lowest BCUT2D eigenvalue weighted by atomic mass is 10.1. The summed E-state index contributed by atoms with van der Waals surface area (Å²) < 4.78 is 54.9. The molecule has 6 nitrogen and oxygen atoms in total. The van der Waals surface area contributed by atoms with Crippen molar-refractivity contribution in [3.8, 4) is 11.4 Å². The molecule has 2 aromatic carbocycles. The first-order valence-corrected chi connectivity index (χ1v) is 10.1. The number of benzene rings is 2. The van der Waals surface area contributed by atoms with Crippen LogP contribution in [0, 0.1) is 5.82 Å². The van der Waals surface area contributed by atoms with E-state index < -0.39 is 23.2 Å². The number of aromatic nitrogens is 3. The van der Waals surface area contributed by atoms with Crippen LogP contribution in [0.25, 0.3) is 11.4 Å².